The van der Waals surface area contributed by atoms with Crippen LogP contribution in [0.5, 0.6) is 0 Å². The molecule has 1 aliphatic heterocycles. The number of hydrogen-bond acceptors (Lipinski definition) is 3. The maximum atomic E-state index is 12.0. The summed E-state index contributed by atoms with van der Waals surface area (Å²) in [6, 6.07) is 7.21. The van der Waals surface area contributed by atoms with Crippen molar-refractivity contribution in [3.63, 3.8) is 0 Å². The van der Waals surface area contributed by atoms with Gasteiger partial charge in [-0.05, 0) is 18.6 Å². The normalized spacial score (nSPS) is 16.4. The number of carbonyl (C=O) groups is 2. The van der Waals surface area contributed by atoms with Gasteiger partial charge in [-0.3, -0.25) is 9.59 Å². The standard InChI is InChI=1S/C15H15NO3/c17-14-9-10-16-15(18)13-8-4-3-7-12(13)6-2-1-5-11-19-14/h3-4,7-8H,1,5,9-11H2,(H,16,18). The Kier molecular flexibility index (Phi) is 4.57. The topological polar surface area (TPSA) is 55.4 Å². The lowest BCUT2D eigenvalue weighted by Gasteiger charge is -2.06. The number of benzene rings is 1. The van der Waals surface area contributed by atoms with Gasteiger partial charge in [-0.1, -0.05) is 24.0 Å². The molecule has 1 N–H and O–H groups in total. The monoisotopic (exact) mass is 257 g/mol. The Morgan fingerprint density at radius 2 is 2.05 bits per heavy atom. The molecule has 0 aliphatic carbocycles. The molecule has 19 heavy (non-hydrogen) atoms. The van der Waals surface area contributed by atoms with Crippen LogP contribution in [-0.4, -0.2) is 25.0 Å². The van der Waals surface area contributed by atoms with Crippen LogP contribution in [0, 0.1) is 11.8 Å². The molecular formula is C15H15NO3. The van der Waals surface area contributed by atoms with Crippen LogP contribution in [0.3, 0.4) is 0 Å². The number of cyclic esters (lactones) is 1. The molecule has 0 aromatic heterocycles. The van der Waals surface area contributed by atoms with E-state index in [0.29, 0.717) is 30.6 Å². The zero-order chi connectivity index (χ0) is 13.5. The highest BCUT2D eigenvalue weighted by molar-refractivity contribution is 5.96. The molecule has 1 aromatic carbocycles. The van der Waals surface area contributed by atoms with E-state index in [-0.39, 0.29) is 24.8 Å². The molecular weight excluding hydrogens is 242 g/mol. The largest absolute Gasteiger partial charge is 0.466 e. The van der Waals surface area contributed by atoms with Crippen LogP contribution in [0.2, 0.25) is 0 Å². The third kappa shape index (κ3) is 3.85. The number of ether oxygens (including phenoxy) is 1. The number of hydrogen-bond donors (Lipinski definition) is 1. The van der Waals surface area contributed by atoms with Crippen LogP contribution in [0.4, 0.5) is 0 Å². The summed E-state index contributed by atoms with van der Waals surface area (Å²) in [5, 5.41) is 2.70. The van der Waals surface area contributed by atoms with Crippen LogP contribution in [0.1, 0.15) is 35.2 Å². The summed E-state index contributed by atoms with van der Waals surface area (Å²) in [6.07, 6.45) is 1.54. The van der Waals surface area contributed by atoms with E-state index >= 15 is 0 Å². The van der Waals surface area contributed by atoms with Crippen molar-refractivity contribution < 1.29 is 14.3 Å². The first-order chi connectivity index (χ1) is 9.27. The summed E-state index contributed by atoms with van der Waals surface area (Å²) in [5.41, 5.74) is 1.26. The van der Waals surface area contributed by atoms with Crippen molar-refractivity contribution in [2.75, 3.05) is 13.2 Å². The Labute approximate surface area is 112 Å². The summed E-state index contributed by atoms with van der Waals surface area (Å²) in [7, 11) is 0. The molecule has 1 amide bonds. The Morgan fingerprint density at radius 1 is 1.21 bits per heavy atom. The molecule has 1 heterocycles. The lowest BCUT2D eigenvalue weighted by atomic mass is 10.1. The van der Waals surface area contributed by atoms with Gasteiger partial charge in [0.25, 0.3) is 5.91 Å². The van der Waals surface area contributed by atoms with Gasteiger partial charge >= 0.3 is 5.97 Å². The first kappa shape index (κ1) is 13.2. The minimum Gasteiger partial charge on any atom is -0.466 e. The van der Waals surface area contributed by atoms with Crippen LogP contribution in [0.15, 0.2) is 24.3 Å². The fourth-order valence-corrected chi connectivity index (χ4v) is 1.74. The lowest BCUT2D eigenvalue weighted by molar-refractivity contribution is -0.143. The highest BCUT2D eigenvalue weighted by atomic mass is 16.5. The zero-order valence-corrected chi connectivity index (χ0v) is 10.6. The number of amides is 1. The van der Waals surface area contributed by atoms with Crippen molar-refractivity contribution in [1.29, 1.82) is 0 Å². The molecule has 98 valence electrons. The number of carbonyl (C=O) groups excluding carboxylic acids is 2. The smallest absolute Gasteiger partial charge is 0.307 e. The van der Waals surface area contributed by atoms with Crippen LogP contribution >= 0.6 is 0 Å². The molecule has 0 unspecified atom stereocenters. The van der Waals surface area contributed by atoms with E-state index in [2.05, 4.69) is 17.2 Å². The zero-order valence-electron chi connectivity index (χ0n) is 10.6. The maximum absolute atomic E-state index is 12.0. The van der Waals surface area contributed by atoms with Gasteiger partial charge in [0.15, 0.2) is 0 Å². The van der Waals surface area contributed by atoms with E-state index in [1.54, 1.807) is 12.1 Å². The molecule has 0 radical (unpaired) electrons. The van der Waals surface area contributed by atoms with Gasteiger partial charge in [0, 0.05) is 18.5 Å². The molecule has 0 saturated heterocycles. The Hall–Kier alpha value is -2.28. The molecule has 1 aliphatic rings. The van der Waals surface area contributed by atoms with Gasteiger partial charge in [-0.2, -0.15) is 0 Å². The minimum absolute atomic E-state index is 0.189. The van der Waals surface area contributed by atoms with E-state index in [9.17, 15) is 9.59 Å². The minimum atomic E-state index is -0.291. The fourth-order valence-electron chi connectivity index (χ4n) is 1.74. The highest BCUT2D eigenvalue weighted by Crippen LogP contribution is 2.08. The molecule has 4 heteroatoms. The van der Waals surface area contributed by atoms with Crippen molar-refractivity contribution in [3.05, 3.63) is 35.4 Å². The average Bonchev–Trinajstić information content (AvgIpc) is 2.43. The predicted molar refractivity (Wildman–Crippen MR) is 70.5 cm³/mol. The summed E-state index contributed by atoms with van der Waals surface area (Å²) < 4.78 is 5.01. The lowest BCUT2D eigenvalue weighted by Crippen LogP contribution is -2.27. The summed E-state index contributed by atoms with van der Waals surface area (Å²) in [6.45, 7) is 0.655. The highest BCUT2D eigenvalue weighted by Gasteiger charge is 2.10. The molecule has 0 fully saturated rings. The van der Waals surface area contributed by atoms with Crippen molar-refractivity contribution >= 4 is 11.9 Å². The molecule has 1 aromatic rings. The Balaban J connectivity index is 2.20. The molecule has 4 nitrogen and oxygen atoms in total. The first-order valence-electron chi connectivity index (χ1n) is 6.29. The SMILES string of the molecule is O=C1CCNC(=O)c2ccccc2C#CCCCO1. The molecule has 0 bridgehead atoms. The molecule has 0 spiro atoms. The van der Waals surface area contributed by atoms with Crippen LogP contribution in [-0.2, 0) is 9.53 Å². The number of nitrogens with one attached hydrogen (secondary N) is 1. The van der Waals surface area contributed by atoms with E-state index in [1.807, 2.05) is 12.1 Å². The van der Waals surface area contributed by atoms with Gasteiger partial charge in [0.05, 0.1) is 18.6 Å². The van der Waals surface area contributed by atoms with Crippen molar-refractivity contribution in [3.8, 4) is 11.8 Å². The quantitative estimate of drug-likeness (QED) is 0.566. The summed E-state index contributed by atoms with van der Waals surface area (Å²) in [4.78, 5) is 23.3. The van der Waals surface area contributed by atoms with Gasteiger partial charge in [-0.15, -0.1) is 0 Å². The van der Waals surface area contributed by atoms with Gasteiger partial charge in [-0.25, -0.2) is 0 Å². The third-order valence-electron chi connectivity index (χ3n) is 2.72. The molecule has 0 atom stereocenters. The second kappa shape index (κ2) is 6.60. The summed E-state index contributed by atoms with van der Waals surface area (Å²) >= 11 is 0. The third-order valence-corrected chi connectivity index (χ3v) is 2.72. The van der Waals surface area contributed by atoms with E-state index in [4.69, 9.17) is 4.74 Å². The first-order valence-corrected chi connectivity index (χ1v) is 6.29. The van der Waals surface area contributed by atoms with Gasteiger partial charge in [0.2, 0.25) is 0 Å². The Bertz CT molecular complexity index is 540. The molecule has 2 rings (SSSR count). The number of fused-ring (bicyclic) bond motifs is 1. The predicted octanol–water partition coefficient (Wildman–Crippen LogP) is 1.50. The van der Waals surface area contributed by atoms with Crippen molar-refractivity contribution in [2.24, 2.45) is 0 Å². The van der Waals surface area contributed by atoms with Gasteiger partial charge in [0.1, 0.15) is 0 Å². The second-order valence-electron chi connectivity index (χ2n) is 4.18. The molecule has 0 saturated carbocycles. The van der Waals surface area contributed by atoms with Crippen molar-refractivity contribution in [2.45, 2.75) is 19.3 Å². The van der Waals surface area contributed by atoms with Crippen molar-refractivity contribution in [1.82, 2.24) is 5.32 Å². The van der Waals surface area contributed by atoms with Crippen LogP contribution < -0.4 is 5.32 Å². The van der Waals surface area contributed by atoms with Crippen LogP contribution in [0.25, 0.3) is 0 Å². The van der Waals surface area contributed by atoms with E-state index in [0.717, 1.165) is 0 Å². The second-order valence-corrected chi connectivity index (χ2v) is 4.18. The Morgan fingerprint density at radius 3 is 2.95 bits per heavy atom. The number of esters is 1. The van der Waals surface area contributed by atoms with E-state index in [1.165, 1.54) is 0 Å². The summed E-state index contributed by atoms with van der Waals surface area (Å²) in [5.74, 6) is 5.48. The average molecular weight is 257 g/mol. The fraction of sp³-hybridized carbons (Fsp3) is 0.333. The number of rotatable bonds is 0. The maximum Gasteiger partial charge on any atom is 0.307 e. The van der Waals surface area contributed by atoms with E-state index < -0.39 is 0 Å². The van der Waals surface area contributed by atoms with Gasteiger partial charge < -0.3 is 10.1 Å².